The fraction of sp³-hybridized carbons (Fsp3) is 0.300. The minimum atomic E-state index is -0.703. The summed E-state index contributed by atoms with van der Waals surface area (Å²) in [5, 5.41) is 21.9. The van der Waals surface area contributed by atoms with Crippen LogP contribution < -0.4 is 11.1 Å². The van der Waals surface area contributed by atoms with Crippen molar-refractivity contribution in [3.63, 3.8) is 0 Å². The number of rotatable bonds is 6. The first-order valence-corrected chi connectivity index (χ1v) is 8.84. The second-order valence-corrected chi connectivity index (χ2v) is 6.66. The van der Waals surface area contributed by atoms with Crippen molar-refractivity contribution in [2.45, 2.75) is 31.5 Å². The normalized spacial score (nSPS) is 19.8. The molecule has 7 nitrogen and oxygen atoms in total. The van der Waals surface area contributed by atoms with Crippen LogP contribution in [0, 0.1) is 0 Å². The van der Waals surface area contributed by atoms with Gasteiger partial charge in [0.1, 0.15) is 23.6 Å². The summed E-state index contributed by atoms with van der Waals surface area (Å²) in [6.45, 7) is 0.544. The van der Waals surface area contributed by atoms with Crippen molar-refractivity contribution in [1.82, 2.24) is 10.2 Å². The fourth-order valence-electron chi connectivity index (χ4n) is 3.31. The molecule has 2 amide bonds. The molecule has 0 bridgehead atoms. The molecule has 0 aromatic heterocycles. The summed E-state index contributed by atoms with van der Waals surface area (Å²) in [5.74, 6) is -0.167. The van der Waals surface area contributed by atoms with Crippen molar-refractivity contribution >= 4 is 11.8 Å². The number of nitrogens with one attached hydrogen (secondary N) is 1. The molecule has 2 atom stereocenters. The smallest absolute Gasteiger partial charge is 0.246 e. The average Bonchev–Trinajstić information content (AvgIpc) is 2.64. The van der Waals surface area contributed by atoms with Crippen LogP contribution >= 0.6 is 0 Å². The number of hydrogen-bond acceptors (Lipinski definition) is 5. The molecule has 27 heavy (non-hydrogen) atoms. The topological polar surface area (TPSA) is 116 Å². The number of hydrogen-bond donors (Lipinski definition) is 4. The van der Waals surface area contributed by atoms with E-state index in [0.717, 1.165) is 11.1 Å². The van der Waals surface area contributed by atoms with Gasteiger partial charge in [-0.1, -0.05) is 24.3 Å². The van der Waals surface area contributed by atoms with E-state index in [1.807, 2.05) is 0 Å². The highest BCUT2D eigenvalue weighted by Crippen LogP contribution is 2.21. The Bertz CT molecular complexity index is 822. The molecule has 1 aliphatic heterocycles. The van der Waals surface area contributed by atoms with E-state index >= 15 is 0 Å². The van der Waals surface area contributed by atoms with E-state index in [1.54, 1.807) is 53.4 Å². The summed E-state index contributed by atoms with van der Waals surface area (Å²) < 4.78 is 0. The molecular formula is C20H23N3O4. The molecule has 1 heterocycles. The maximum absolute atomic E-state index is 13.1. The summed E-state index contributed by atoms with van der Waals surface area (Å²) in [4.78, 5) is 27.2. The monoisotopic (exact) mass is 369 g/mol. The van der Waals surface area contributed by atoms with Crippen LogP contribution in [0.25, 0.3) is 0 Å². The first-order valence-electron chi connectivity index (χ1n) is 8.84. The SMILES string of the molecule is NCCC1C(=O)NC(Cc2cccc(O)c2)C(=O)N1Cc1ccc(O)cc1. The minimum Gasteiger partial charge on any atom is -0.508 e. The van der Waals surface area contributed by atoms with Gasteiger partial charge in [-0.25, -0.2) is 0 Å². The minimum absolute atomic E-state index is 0.115. The number of carbonyl (C=O) groups excluding carboxylic acids is 2. The Kier molecular flexibility index (Phi) is 5.61. The van der Waals surface area contributed by atoms with E-state index in [1.165, 1.54) is 0 Å². The lowest BCUT2D eigenvalue weighted by atomic mass is 9.98. The van der Waals surface area contributed by atoms with Crippen LogP contribution in [0.15, 0.2) is 48.5 Å². The zero-order chi connectivity index (χ0) is 19.4. The van der Waals surface area contributed by atoms with E-state index in [2.05, 4.69) is 5.32 Å². The molecule has 1 saturated heterocycles. The Morgan fingerprint density at radius 1 is 1.00 bits per heavy atom. The third kappa shape index (κ3) is 4.38. The molecule has 0 aliphatic carbocycles. The molecule has 5 N–H and O–H groups in total. The second-order valence-electron chi connectivity index (χ2n) is 6.66. The quantitative estimate of drug-likeness (QED) is 0.603. The lowest BCUT2D eigenvalue weighted by Gasteiger charge is -2.39. The molecule has 1 fully saturated rings. The first-order chi connectivity index (χ1) is 13.0. The van der Waals surface area contributed by atoms with Crippen molar-refractivity contribution in [3.8, 4) is 11.5 Å². The summed E-state index contributed by atoms with van der Waals surface area (Å²) in [5.41, 5.74) is 7.21. The molecule has 0 spiro atoms. The number of carbonyl (C=O) groups is 2. The number of nitrogens with two attached hydrogens (primary N) is 1. The van der Waals surface area contributed by atoms with E-state index in [0.29, 0.717) is 12.8 Å². The van der Waals surface area contributed by atoms with Gasteiger partial charge in [-0.15, -0.1) is 0 Å². The Morgan fingerprint density at radius 2 is 1.74 bits per heavy atom. The number of benzene rings is 2. The second kappa shape index (κ2) is 8.09. The number of piperazine rings is 1. The predicted molar refractivity (Wildman–Crippen MR) is 99.9 cm³/mol. The van der Waals surface area contributed by atoms with Crippen LogP contribution in [0.1, 0.15) is 17.5 Å². The van der Waals surface area contributed by atoms with Gasteiger partial charge in [0, 0.05) is 13.0 Å². The van der Waals surface area contributed by atoms with Crippen LogP contribution in [-0.2, 0) is 22.6 Å². The molecule has 0 radical (unpaired) electrons. The Hall–Kier alpha value is -3.06. The number of nitrogens with zero attached hydrogens (tertiary/aromatic N) is 1. The van der Waals surface area contributed by atoms with Crippen molar-refractivity contribution in [2.75, 3.05) is 6.54 Å². The standard InChI is InChI=1S/C20H23N3O4/c21-9-8-18-19(26)22-17(11-14-2-1-3-16(25)10-14)20(27)23(18)12-13-4-6-15(24)7-5-13/h1-7,10,17-18,24-25H,8-9,11-12,21H2,(H,22,26). The summed E-state index contributed by atoms with van der Waals surface area (Å²) in [6.07, 6.45) is 0.662. The zero-order valence-corrected chi connectivity index (χ0v) is 14.8. The van der Waals surface area contributed by atoms with Gasteiger partial charge >= 0.3 is 0 Å². The maximum atomic E-state index is 13.1. The van der Waals surface area contributed by atoms with Crippen molar-refractivity contribution in [3.05, 3.63) is 59.7 Å². The van der Waals surface area contributed by atoms with Crippen LogP contribution in [-0.4, -0.2) is 45.6 Å². The zero-order valence-electron chi connectivity index (χ0n) is 14.8. The first kappa shape index (κ1) is 18.7. The Balaban J connectivity index is 1.83. The van der Waals surface area contributed by atoms with E-state index in [9.17, 15) is 19.8 Å². The lowest BCUT2D eigenvalue weighted by Crippen LogP contribution is -2.63. The summed E-state index contributed by atoms with van der Waals surface area (Å²) >= 11 is 0. The average molecular weight is 369 g/mol. The van der Waals surface area contributed by atoms with Gasteiger partial charge in [0.25, 0.3) is 0 Å². The third-order valence-electron chi connectivity index (χ3n) is 4.66. The molecular weight excluding hydrogens is 346 g/mol. The molecule has 2 aromatic rings. The van der Waals surface area contributed by atoms with Crippen LogP contribution in [0.2, 0.25) is 0 Å². The molecule has 3 rings (SSSR count). The number of phenols is 2. The Labute approximate surface area is 157 Å². The highest BCUT2D eigenvalue weighted by atomic mass is 16.3. The molecule has 0 saturated carbocycles. The van der Waals surface area contributed by atoms with Crippen LogP contribution in [0.5, 0.6) is 11.5 Å². The van der Waals surface area contributed by atoms with Crippen LogP contribution in [0.4, 0.5) is 0 Å². The number of phenolic OH excluding ortho intramolecular Hbond substituents is 2. The van der Waals surface area contributed by atoms with Gasteiger partial charge in [0.05, 0.1) is 0 Å². The number of amides is 2. The summed E-state index contributed by atoms with van der Waals surface area (Å²) in [6, 6.07) is 11.8. The molecule has 1 aliphatic rings. The predicted octanol–water partition coefficient (Wildman–Crippen LogP) is 0.885. The highest BCUT2D eigenvalue weighted by Gasteiger charge is 2.39. The van der Waals surface area contributed by atoms with Crippen molar-refractivity contribution < 1.29 is 19.8 Å². The third-order valence-corrected chi connectivity index (χ3v) is 4.66. The van der Waals surface area contributed by atoms with E-state index in [4.69, 9.17) is 5.73 Å². The van der Waals surface area contributed by atoms with Gasteiger partial charge in [-0.2, -0.15) is 0 Å². The van der Waals surface area contributed by atoms with Gasteiger partial charge in [0.2, 0.25) is 11.8 Å². The van der Waals surface area contributed by atoms with Crippen molar-refractivity contribution in [2.24, 2.45) is 5.73 Å². The molecule has 142 valence electrons. The van der Waals surface area contributed by atoms with Gasteiger partial charge in [-0.3, -0.25) is 9.59 Å². The fourth-order valence-corrected chi connectivity index (χ4v) is 3.31. The van der Waals surface area contributed by atoms with Crippen LogP contribution in [0.3, 0.4) is 0 Å². The van der Waals surface area contributed by atoms with E-state index < -0.39 is 12.1 Å². The molecule has 2 unspecified atom stereocenters. The van der Waals surface area contributed by atoms with Gasteiger partial charge in [-0.05, 0) is 48.4 Å². The Morgan fingerprint density at radius 3 is 2.41 bits per heavy atom. The highest BCUT2D eigenvalue weighted by molar-refractivity contribution is 5.97. The largest absolute Gasteiger partial charge is 0.508 e. The molecule has 7 heteroatoms. The van der Waals surface area contributed by atoms with Gasteiger partial charge in [0.15, 0.2) is 0 Å². The number of aromatic hydroxyl groups is 2. The lowest BCUT2D eigenvalue weighted by molar-refractivity contribution is -0.150. The molecule has 2 aromatic carbocycles. The van der Waals surface area contributed by atoms with E-state index in [-0.39, 0.29) is 36.4 Å². The van der Waals surface area contributed by atoms with Gasteiger partial charge < -0.3 is 26.2 Å². The summed E-state index contributed by atoms with van der Waals surface area (Å²) in [7, 11) is 0. The maximum Gasteiger partial charge on any atom is 0.246 e. The van der Waals surface area contributed by atoms with Crippen molar-refractivity contribution in [1.29, 1.82) is 0 Å².